The van der Waals surface area contributed by atoms with E-state index in [4.69, 9.17) is 11.6 Å². The van der Waals surface area contributed by atoms with Gasteiger partial charge in [-0.3, -0.25) is 0 Å². The summed E-state index contributed by atoms with van der Waals surface area (Å²) in [6, 6.07) is 10.3. The fraction of sp³-hybridized carbons (Fsp3) is 0.500. The van der Waals surface area contributed by atoms with Crippen LogP contribution in [0.5, 0.6) is 0 Å². The number of carbonyl (C=O) groups excluding carboxylic acids is 1. The Hall–Kier alpha value is -1.87. The van der Waals surface area contributed by atoms with Gasteiger partial charge in [-0.1, -0.05) is 11.6 Å². The molecule has 0 radical (unpaired) electrons. The van der Waals surface area contributed by atoms with Gasteiger partial charge in [-0.25, -0.2) is 9.18 Å². The van der Waals surface area contributed by atoms with Gasteiger partial charge >= 0.3 is 6.03 Å². The Balaban J connectivity index is 1.18. The van der Waals surface area contributed by atoms with Crippen molar-refractivity contribution in [2.24, 2.45) is 5.92 Å². The van der Waals surface area contributed by atoms with Gasteiger partial charge in [0, 0.05) is 47.4 Å². The number of aliphatic hydroxyl groups is 1. The van der Waals surface area contributed by atoms with Gasteiger partial charge in [-0.15, -0.1) is 0 Å². The SMILES string of the molecule is O=C(Nc1ccc(Br)c(Cl)c1)N1CCC(C(O)CN2CC3(CCNCC3)c3cc(F)ccc32)CC1. The molecule has 1 unspecified atom stereocenters. The van der Waals surface area contributed by atoms with Crippen LogP contribution in [0.4, 0.5) is 20.6 Å². The van der Waals surface area contributed by atoms with Crippen molar-refractivity contribution in [3.05, 3.63) is 57.3 Å². The number of anilines is 2. The minimum absolute atomic E-state index is 0.0419. The molecule has 1 atom stereocenters. The second kappa shape index (κ2) is 10.2. The number of urea groups is 1. The van der Waals surface area contributed by atoms with Gasteiger partial charge < -0.3 is 25.5 Å². The molecule has 0 aromatic heterocycles. The monoisotopic (exact) mass is 564 g/mol. The van der Waals surface area contributed by atoms with Crippen LogP contribution in [0.15, 0.2) is 40.9 Å². The molecule has 9 heteroatoms. The number of hydrogen-bond acceptors (Lipinski definition) is 4. The zero-order valence-corrected chi connectivity index (χ0v) is 21.9. The minimum Gasteiger partial charge on any atom is -0.391 e. The van der Waals surface area contributed by atoms with E-state index in [9.17, 15) is 14.3 Å². The van der Waals surface area contributed by atoms with Crippen LogP contribution in [0.1, 0.15) is 31.2 Å². The van der Waals surface area contributed by atoms with Gasteiger partial charge in [-0.2, -0.15) is 0 Å². The summed E-state index contributed by atoms with van der Waals surface area (Å²) >= 11 is 9.48. The highest BCUT2D eigenvalue weighted by atomic mass is 79.9. The summed E-state index contributed by atoms with van der Waals surface area (Å²) in [7, 11) is 0. The van der Waals surface area contributed by atoms with Crippen molar-refractivity contribution in [3.63, 3.8) is 0 Å². The van der Waals surface area contributed by atoms with Gasteiger partial charge in [0.15, 0.2) is 0 Å². The molecule has 6 nitrogen and oxygen atoms in total. The average Bonchev–Trinajstić information content (AvgIpc) is 3.13. The number of amides is 2. The zero-order valence-electron chi connectivity index (χ0n) is 19.6. The van der Waals surface area contributed by atoms with E-state index in [1.54, 1.807) is 29.2 Å². The Labute approximate surface area is 218 Å². The summed E-state index contributed by atoms with van der Waals surface area (Å²) in [6.07, 6.45) is 2.95. The first kappa shape index (κ1) is 24.8. The van der Waals surface area contributed by atoms with E-state index in [0.29, 0.717) is 30.3 Å². The number of carbonyl (C=O) groups is 1. The van der Waals surface area contributed by atoms with Crippen molar-refractivity contribution >= 4 is 44.9 Å². The lowest BCUT2D eigenvalue weighted by molar-refractivity contribution is 0.0728. The standard InChI is InChI=1S/C26H31BrClFN4O2/c27-21-3-2-19(14-22(21)28)31-25(35)32-11-5-17(6-12-32)24(34)15-33-16-26(7-9-30-10-8-26)20-13-18(29)1-4-23(20)33/h1-4,13-14,17,24,30,34H,5-12,15-16H2,(H,31,35). The molecule has 2 aromatic rings. The van der Waals surface area contributed by atoms with Crippen LogP contribution in [0.2, 0.25) is 5.02 Å². The van der Waals surface area contributed by atoms with Crippen molar-refractivity contribution < 1.29 is 14.3 Å². The molecule has 3 N–H and O–H groups in total. The normalized spacial score (nSPS) is 20.7. The number of hydrogen-bond donors (Lipinski definition) is 3. The molecule has 35 heavy (non-hydrogen) atoms. The number of likely N-dealkylation sites (tertiary alicyclic amines) is 1. The number of benzene rings is 2. The lowest BCUT2D eigenvalue weighted by atomic mass is 9.75. The average molecular weight is 566 g/mol. The van der Waals surface area contributed by atoms with Crippen LogP contribution in [-0.4, -0.2) is 61.4 Å². The number of rotatable bonds is 4. The summed E-state index contributed by atoms with van der Waals surface area (Å²) in [5.41, 5.74) is 2.75. The predicted molar refractivity (Wildman–Crippen MR) is 141 cm³/mol. The number of halogens is 3. The third-order valence-corrected chi connectivity index (χ3v) is 9.11. The largest absolute Gasteiger partial charge is 0.391 e. The number of nitrogens with zero attached hydrogens (tertiary/aromatic N) is 2. The van der Waals surface area contributed by atoms with Gasteiger partial charge in [0.25, 0.3) is 0 Å². The van der Waals surface area contributed by atoms with Crippen molar-refractivity contribution in [2.75, 3.05) is 49.5 Å². The Morgan fingerprint density at radius 1 is 1.23 bits per heavy atom. The van der Waals surface area contributed by atoms with Crippen molar-refractivity contribution in [1.29, 1.82) is 0 Å². The first-order valence-electron chi connectivity index (χ1n) is 12.3. The highest BCUT2D eigenvalue weighted by Gasteiger charge is 2.44. The molecule has 0 saturated carbocycles. The third-order valence-electron chi connectivity index (χ3n) is 7.87. The molecule has 3 aliphatic rings. The van der Waals surface area contributed by atoms with Crippen LogP contribution in [-0.2, 0) is 5.41 Å². The Morgan fingerprint density at radius 2 is 1.97 bits per heavy atom. The third kappa shape index (κ3) is 5.17. The summed E-state index contributed by atoms with van der Waals surface area (Å²) in [5, 5.41) is 18.0. The van der Waals surface area contributed by atoms with E-state index in [0.717, 1.165) is 61.0 Å². The Kier molecular flexibility index (Phi) is 7.26. The minimum atomic E-state index is -0.500. The molecule has 2 amide bonds. The van der Waals surface area contributed by atoms with Gasteiger partial charge in [0.1, 0.15) is 5.82 Å². The smallest absolute Gasteiger partial charge is 0.321 e. The van der Waals surface area contributed by atoms with E-state index in [1.165, 1.54) is 6.07 Å². The number of fused-ring (bicyclic) bond motifs is 2. The van der Waals surface area contributed by atoms with Crippen LogP contribution in [0, 0.1) is 11.7 Å². The number of β-amino-alcohol motifs (C(OH)–C–C–N with tert-alkyl or cyclic N) is 1. The summed E-state index contributed by atoms with van der Waals surface area (Å²) in [6.45, 7) is 4.40. The highest BCUT2D eigenvalue weighted by molar-refractivity contribution is 9.10. The van der Waals surface area contributed by atoms with E-state index >= 15 is 0 Å². The molecule has 0 aliphatic carbocycles. The lowest BCUT2D eigenvalue weighted by Crippen LogP contribution is -2.47. The molecule has 3 aliphatic heterocycles. The molecule has 0 bridgehead atoms. The maximum absolute atomic E-state index is 14.1. The van der Waals surface area contributed by atoms with Crippen LogP contribution >= 0.6 is 27.5 Å². The van der Waals surface area contributed by atoms with Gasteiger partial charge in [0.05, 0.1) is 11.1 Å². The number of nitrogens with one attached hydrogen (secondary N) is 2. The van der Waals surface area contributed by atoms with Crippen LogP contribution < -0.4 is 15.5 Å². The zero-order chi connectivity index (χ0) is 24.6. The lowest BCUT2D eigenvalue weighted by Gasteiger charge is -2.37. The first-order valence-corrected chi connectivity index (χ1v) is 13.5. The summed E-state index contributed by atoms with van der Waals surface area (Å²) in [5.74, 6) is -0.0743. The fourth-order valence-corrected chi connectivity index (χ4v) is 6.31. The Bertz CT molecular complexity index is 1090. The molecule has 2 fully saturated rings. The van der Waals surface area contributed by atoms with E-state index < -0.39 is 6.10 Å². The van der Waals surface area contributed by atoms with Gasteiger partial charge in [-0.05, 0) is 103 Å². The van der Waals surface area contributed by atoms with Crippen molar-refractivity contribution in [1.82, 2.24) is 10.2 Å². The molecule has 1 spiro atoms. The molecule has 5 rings (SSSR count). The second-order valence-corrected chi connectivity index (χ2v) is 11.3. The fourth-order valence-electron chi connectivity index (χ4n) is 5.88. The molecule has 3 heterocycles. The number of aliphatic hydroxyl groups excluding tert-OH is 1. The van der Waals surface area contributed by atoms with Crippen LogP contribution in [0.25, 0.3) is 0 Å². The predicted octanol–water partition coefficient (Wildman–Crippen LogP) is 4.99. The molecule has 188 valence electrons. The highest BCUT2D eigenvalue weighted by Crippen LogP contribution is 2.46. The Morgan fingerprint density at radius 3 is 2.69 bits per heavy atom. The van der Waals surface area contributed by atoms with Crippen molar-refractivity contribution in [2.45, 2.75) is 37.2 Å². The first-order chi connectivity index (χ1) is 16.8. The van der Waals surface area contributed by atoms with Gasteiger partial charge in [0.2, 0.25) is 0 Å². The summed E-state index contributed by atoms with van der Waals surface area (Å²) < 4.78 is 14.9. The quantitative estimate of drug-likeness (QED) is 0.489. The topological polar surface area (TPSA) is 67.8 Å². The van der Waals surface area contributed by atoms with Crippen LogP contribution in [0.3, 0.4) is 0 Å². The van der Waals surface area contributed by atoms with Crippen molar-refractivity contribution in [3.8, 4) is 0 Å². The molecule has 2 aromatic carbocycles. The van der Waals surface area contributed by atoms with E-state index in [-0.39, 0.29) is 23.2 Å². The maximum Gasteiger partial charge on any atom is 0.321 e. The molecular weight excluding hydrogens is 535 g/mol. The summed E-state index contributed by atoms with van der Waals surface area (Å²) in [4.78, 5) is 16.7. The maximum atomic E-state index is 14.1. The van der Waals surface area contributed by atoms with E-state index in [2.05, 4.69) is 31.5 Å². The number of piperidine rings is 2. The van der Waals surface area contributed by atoms with E-state index in [1.807, 2.05) is 6.07 Å². The molecule has 2 saturated heterocycles. The second-order valence-electron chi connectivity index (χ2n) is 10.0. The molecular formula is C26H31BrClFN4O2.